The fourth-order valence-electron chi connectivity index (χ4n) is 0.870. The van der Waals surface area contributed by atoms with E-state index in [0.29, 0.717) is 6.04 Å². The molecule has 1 aliphatic heterocycles. The summed E-state index contributed by atoms with van der Waals surface area (Å²) in [5.74, 6) is 0. The lowest BCUT2D eigenvalue weighted by atomic mass is 10.3. The first-order valence-electron chi connectivity index (χ1n) is 3.31. The summed E-state index contributed by atoms with van der Waals surface area (Å²) in [6.45, 7) is 2.12. The molecule has 0 N–H and O–H groups in total. The zero-order valence-electron chi connectivity index (χ0n) is 6.53. The number of nitrogens with zero attached hydrogens (tertiary/aromatic N) is 2. The fraction of sp³-hybridized carbons (Fsp3) is 0.571. The van der Waals surface area contributed by atoms with E-state index in [0.717, 1.165) is 5.11 Å². The maximum Gasteiger partial charge on any atom is 0.175 e. The van der Waals surface area contributed by atoms with E-state index in [9.17, 15) is 0 Å². The summed E-state index contributed by atoms with van der Waals surface area (Å²) in [6, 6.07) is 0.434. The molecule has 0 amide bonds. The Labute approximate surface area is 67.1 Å². The van der Waals surface area contributed by atoms with Gasteiger partial charge in [-0.25, -0.2) is 0 Å². The predicted molar refractivity (Wildman–Crippen MR) is 46.7 cm³/mol. The molecule has 0 aromatic heterocycles. The van der Waals surface area contributed by atoms with Crippen LogP contribution in [0.25, 0.3) is 0 Å². The Balaban J connectivity index is 2.79. The summed E-state index contributed by atoms with van der Waals surface area (Å²) < 4.78 is 0. The number of hydrogen-bond acceptors (Lipinski definition) is 1. The van der Waals surface area contributed by atoms with Crippen molar-refractivity contribution in [1.82, 2.24) is 9.80 Å². The Hall–Kier alpha value is -0.570. The Kier molecular flexibility index (Phi) is 1.94. The summed E-state index contributed by atoms with van der Waals surface area (Å²) in [4.78, 5) is 4.00. The van der Waals surface area contributed by atoms with Crippen LogP contribution in [0.1, 0.15) is 6.92 Å². The third kappa shape index (κ3) is 1.14. The predicted octanol–water partition coefficient (Wildman–Crippen LogP) is 1.05. The first-order chi connectivity index (χ1) is 4.63. The minimum Gasteiger partial charge on any atom is -0.346 e. The average Bonchev–Trinajstić information content (AvgIpc) is 1.93. The number of thiocarbonyl (C=S) groups is 1. The second-order valence-corrected chi connectivity index (χ2v) is 2.95. The molecule has 0 aromatic carbocycles. The number of likely N-dealkylation sites (N-methyl/N-ethyl adjacent to an activating group) is 1. The van der Waals surface area contributed by atoms with Crippen LogP contribution in [0.3, 0.4) is 0 Å². The molecule has 0 radical (unpaired) electrons. The molecule has 0 fully saturated rings. The molecule has 10 heavy (non-hydrogen) atoms. The van der Waals surface area contributed by atoms with Crippen molar-refractivity contribution in [3.05, 3.63) is 12.3 Å². The lowest BCUT2D eigenvalue weighted by Gasteiger charge is -2.33. The van der Waals surface area contributed by atoms with E-state index in [1.807, 2.05) is 25.2 Å². The van der Waals surface area contributed by atoms with E-state index in [1.54, 1.807) is 0 Å². The van der Waals surface area contributed by atoms with Crippen molar-refractivity contribution in [2.75, 3.05) is 14.1 Å². The summed E-state index contributed by atoms with van der Waals surface area (Å²) in [5, 5.41) is 0.884. The van der Waals surface area contributed by atoms with Gasteiger partial charge in [0.15, 0.2) is 5.11 Å². The van der Waals surface area contributed by atoms with Gasteiger partial charge in [-0.2, -0.15) is 0 Å². The van der Waals surface area contributed by atoms with Gasteiger partial charge in [-0.1, -0.05) is 0 Å². The van der Waals surface area contributed by atoms with Crippen LogP contribution in [0.5, 0.6) is 0 Å². The van der Waals surface area contributed by atoms with Gasteiger partial charge in [-0.05, 0) is 25.2 Å². The van der Waals surface area contributed by atoms with Crippen molar-refractivity contribution in [1.29, 1.82) is 0 Å². The monoisotopic (exact) mass is 156 g/mol. The van der Waals surface area contributed by atoms with Gasteiger partial charge < -0.3 is 9.80 Å². The van der Waals surface area contributed by atoms with Crippen molar-refractivity contribution < 1.29 is 0 Å². The fourth-order valence-corrected chi connectivity index (χ4v) is 1.10. The first-order valence-corrected chi connectivity index (χ1v) is 3.71. The van der Waals surface area contributed by atoms with Crippen LogP contribution in [0.2, 0.25) is 0 Å². The molecule has 1 rings (SSSR count). The van der Waals surface area contributed by atoms with Gasteiger partial charge in [-0.3, -0.25) is 0 Å². The highest BCUT2D eigenvalue weighted by atomic mass is 32.1. The smallest absolute Gasteiger partial charge is 0.175 e. The molecule has 3 heteroatoms. The Bertz CT molecular complexity index is 176. The lowest BCUT2D eigenvalue weighted by Crippen LogP contribution is -2.43. The summed E-state index contributed by atoms with van der Waals surface area (Å²) in [5.41, 5.74) is 0. The van der Waals surface area contributed by atoms with Crippen molar-refractivity contribution in [2.24, 2.45) is 0 Å². The van der Waals surface area contributed by atoms with Crippen LogP contribution in [0.15, 0.2) is 12.3 Å². The van der Waals surface area contributed by atoms with Gasteiger partial charge in [-0.15, -0.1) is 0 Å². The second-order valence-electron chi connectivity index (χ2n) is 2.59. The van der Waals surface area contributed by atoms with Crippen molar-refractivity contribution in [3.8, 4) is 0 Å². The number of rotatable bonds is 0. The first kappa shape index (κ1) is 7.54. The molecular weight excluding hydrogens is 144 g/mol. The third-order valence-electron chi connectivity index (χ3n) is 1.80. The minimum absolute atomic E-state index is 0.434. The summed E-state index contributed by atoms with van der Waals surface area (Å²) >= 11 is 5.13. The van der Waals surface area contributed by atoms with E-state index >= 15 is 0 Å². The zero-order chi connectivity index (χ0) is 7.72. The molecule has 0 aliphatic carbocycles. The van der Waals surface area contributed by atoms with Crippen LogP contribution < -0.4 is 0 Å². The van der Waals surface area contributed by atoms with Gasteiger partial charge in [0, 0.05) is 26.3 Å². The molecule has 0 bridgehead atoms. The van der Waals surface area contributed by atoms with E-state index < -0.39 is 0 Å². The van der Waals surface area contributed by atoms with Gasteiger partial charge >= 0.3 is 0 Å². The molecule has 1 heterocycles. The largest absolute Gasteiger partial charge is 0.346 e. The quantitative estimate of drug-likeness (QED) is 0.484. The van der Waals surface area contributed by atoms with Gasteiger partial charge in [0.05, 0.1) is 0 Å². The topological polar surface area (TPSA) is 6.48 Å². The maximum absolute atomic E-state index is 5.13. The maximum atomic E-state index is 5.13. The van der Waals surface area contributed by atoms with E-state index in [-0.39, 0.29) is 0 Å². The van der Waals surface area contributed by atoms with E-state index in [2.05, 4.69) is 17.9 Å². The summed E-state index contributed by atoms with van der Waals surface area (Å²) in [6.07, 6.45) is 4.13. The molecule has 1 atom stereocenters. The highest BCUT2D eigenvalue weighted by Gasteiger charge is 2.16. The summed E-state index contributed by atoms with van der Waals surface area (Å²) in [7, 11) is 3.97. The highest BCUT2D eigenvalue weighted by molar-refractivity contribution is 7.80. The lowest BCUT2D eigenvalue weighted by molar-refractivity contribution is 0.389. The molecule has 0 saturated heterocycles. The van der Waals surface area contributed by atoms with E-state index in [4.69, 9.17) is 12.2 Å². The van der Waals surface area contributed by atoms with Crippen molar-refractivity contribution >= 4 is 17.3 Å². The standard InChI is InChI=1S/C7H12N2S/c1-6-4-5-8(2)7(10)9(6)3/h4-6H,1-3H3. The molecule has 0 saturated carbocycles. The Morgan fingerprint density at radius 3 is 2.60 bits per heavy atom. The minimum atomic E-state index is 0.434. The normalized spacial score (nSPS) is 25.9. The van der Waals surface area contributed by atoms with E-state index in [1.165, 1.54) is 0 Å². The number of hydrogen-bond donors (Lipinski definition) is 0. The van der Waals surface area contributed by atoms with Crippen molar-refractivity contribution in [3.63, 3.8) is 0 Å². The highest BCUT2D eigenvalue weighted by Crippen LogP contribution is 2.08. The van der Waals surface area contributed by atoms with Crippen LogP contribution >= 0.6 is 12.2 Å². The molecule has 1 unspecified atom stereocenters. The molecule has 0 spiro atoms. The van der Waals surface area contributed by atoms with Gasteiger partial charge in [0.25, 0.3) is 0 Å². The Morgan fingerprint density at radius 1 is 1.50 bits per heavy atom. The zero-order valence-corrected chi connectivity index (χ0v) is 7.35. The SMILES string of the molecule is CC1C=CN(C)C(=S)N1C. The average molecular weight is 156 g/mol. The van der Waals surface area contributed by atoms with Crippen LogP contribution in [0, 0.1) is 0 Å². The van der Waals surface area contributed by atoms with Gasteiger partial charge in [0.1, 0.15) is 0 Å². The van der Waals surface area contributed by atoms with Crippen LogP contribution in [-0.2, 0) is 0 Å². The second kappa shape index (κ2) is 2.58. The van der Waals surface area contributed by atoms with Crippen molar-refractivity contribution in [2.45, 2.75) is 13.0 Å². The molecule has 56 valence electrons. The van der Waals surface area contributed by atoms with Gasteiger partial charge in [0.2, 0.25) is 0 Å². The molecule has 2 nitrogen and oxygen atoms in total. The molecule has 0 aromatic rings. The van der Waals surface area contributed by atoms with Crippen LogP contribution in [0.4, 0.5) is 0 Å². The molecular formula is C7H12N2S. The third-order valence-corrected chi connectivity index (χ3v) is 2.38. The molecule has 1 aliphatic rings. The van der Waals surface area contributed by atoms with Crippen LogP contribution in [-0.4, -0.2) is 35.0 Å². The Morgan fingerprint density at radius 2 is 2.10 bits per heavy atom.